The summed E-state index contributed by atoms with van der Waals surface area (Å²) in [5.41, 5.74) is 3.18. The first-order valence-corrected chi connectivity index (χ1v) is 11.4. The second-order valence-electron chi connectivity index (χ2n) is 9.26. The number of aliphatic hydroxyl groups is 1. The number of amides is 1. The molecule has 174 valence electrons. The van der Waals surface area contributed by atoms with Crippen molar-refractivity contribution >= 4 is 11.6 Å². The molecule has 6 nitrogen and oxygen atoms in total. The molecule has 2 aromatic carbocycles. The minimum atomic E-state index is -0.230. The van der Waals surface area contributed by atoms with Gasteiger partial charge in [-0.3, -0.25) is 9.69 Å². The molecule has 0 radical (unpaired) electrons. The van der Waals surface area contributed by atoms with Gasteiger partial charge in [-0.15, -0.1) is 0 Å². The Kier molecular flexibility index (Phi) is 8.15. The highest BCUT2D eigenvalue weighted by Crippen LogP contribution is 2.30. The Labute approximate surface area is 192 Å². The molecule has 3 atom stereocenters. The molecule has 1 aliphatic heterocycles. The van der Waals surface area contributed by atoms with Crippen molar-refractivity contribution < 1.29 is 14.6 Å². The predicted molar refractivity (Wildman–Crippen MR) is 129 cm³/mol. The molecular weight excluding hydrogens is 402 g/mol. The van der Waals surface area contributed by atoms with E-state index in [1.54, 1.807) is 0 Å². The number of hydrogen-bond donors (Lipinski definition) is 1. The van der Waals surface area contributed by atoms with Gasteiger partial charge in [-0.2, -0.15) is 0 Å². The van der Waals surface area contributed by atoms with Crippen molar-refractivity contribution in [2.75, 3.05) is 45.7 Å². The first-order valence-electron chi connectivity index (χ1n) is 11.4. The number of rotatable bonds is 7. The second kappa shape index (κ2) is 10.8. The highest BCUT2D eigenvalue weighted by Gasteiger charge is 2.31. The Balaban J connectivity index is 1.89. The third-order valence-electron chi connectivity index (χ3n) is 6.20. The van der Waals surface area contributed by atoms with E-state index in [9.17, 15) is 9.90 Å². The van der Waals surface area contributed by atoms with Gasteiger partial charge < -0.3 is 19.6 Å². The van der Waals surface area contributed by atoms with Crippen molar-refractivity contribution in [3.05, 3.63) is 59.7 Å². The number of aliphatic hydroxyl groups excluding tert-OH is 1. The molecule has 1 aliphatic rings. The first-order chi connectivity index (χ1) is 15.3. The van der Waals surface area contributed by atoms with Crippen molar-refractivity contribution in [1.82, 2.24) is 9.80 Å². The monoisotopic (exact) mass is 439 g/mol. The molecule has 3 rings (SSSR count). The van der Waals surface area contributed by atoms with E-state index in [-0.39, 0.29) is 37.0 Å². The van der Waals surface area contributed by atoms with E-state index in [1.807, 2.05) is 55.1 Å². The van der Waals surface area contributed by atoms with E-state index in [0.29, 0.717) is 6.54 Å². The molecule has 1 heterocycles. The number of benzene rings is 2. The number of anilines is 1. The predicted octanol–water partition coefficient (Wildman–Crippen LogP) is 3.03. The number of carbonyl (C=O) groups excluding carboxylic acids is 1. The molecule has 0 spiro atoms. The highest BCUT2D eigenvalue weighted by atomic mass is 16.5. The summed E-state index contributed by atoms with van der Waals surface area (Å²) in [6.07, 6.45) is 0.174. The Bertz CT molecular complexity index is 887. The van der Waals surface area contributed by atoms with Crippen LogP contribution in [-0.4, -0.2) is 73.8 Å². The van der Waals surface area contributed by atoms with Crippen LogP contribution in [0.4, 0.5) is 5.69 Å². The Hall–Kier alpha value is -2.57. The van der Waals surface area contributed by atoms with Gasteiger partial charge in [0.15, 0.2) is 0 Å². The summed E-state index contributed by atoms with van der Waals surface area (Å²) in [6, 6.07) is 16.2. The number of likely N-dealkylation sites (N-methyl/N-ethyl adjacent to an activating group) is 1. The van der Waals surface area contributed by atoms with Crippen LogP contribution in [0.15, 0.2) is 48.5 Å². The maximum Gasteiger partial charge on any atom is 0.227 e. The standard InChI is InChI=1S/C26H37N3O3/c1-19-15-29(20(2)18-30)26(31)14-22-13-23(27(3)4)11-12-24(22)32-25(19)17-28(5)16-21-9-7-6-8-10-21/h6-13,19-20,25,30H,14-18H2,1-5H3/t19-,20+,25-/m0/s1. The van der Waals surface area contributed by atoms with Crippen molar-refractivity contribution in [1.29, 1.82) is 0 Å². The highest BCUT2D eigenvalue weighted by molar-refractivity contribution is 5.80. The Morgan fingerprint density at radius 3 is 2.53 bits per heavy atom. The number of hydrogen-bond acceptors (Lipinski definition) is 5. The van der Waals surface area contributed by atoms with Crippen LogP contribution in [0.1, 0.15) is 25.0 Å². The van der Waals surface area contributed by atoms with Gasteiger partial charge >= 0.3 is 0 Å². The summed E-state index contributed by atoms with van der Waals surface area (Å²) >= 11 is 0. The van der Waals surface area contributed by atoms with E-state index in [1.165, 1.54) is 5.56 Å². The summed E-state index contributed by atoms with van der Waals surface area (Å²) in [6.45, 7) is 6.10. The van der Waals surface area contributed by atoms with E-state index >= 15 is 0 Å². The van der Waals surface area contributed by atoms with Gasteiger partial charge in [0, 0.05) is 50.9 Å². The SMILES string of the molecule is C[C@H](CO)N1C[C@H](C)[C@H](CN(C)Cc2ccccc2)Oc2ccc(N(C)C)cc2CC1=O. The van der Waals surface area contributed by atoms with E-state index in [4.69, 9.17) is 4.74 Å². The van der Waals surface area contributed by atoms with Gasteiger partial charge in [-0.25, -0.2) is 0 Å². The normalized spacial score (nSPS) is 20.1. The number of carbonyl (C=O) groups is 1. The Morgan fingerprint density at radius 2 is 1.88 bits per heavy atom. The van der Waals surface area contributed by atoms with Crippen molar-refractivity contribution in [3.63, 3.8) is 0 Å². The lowest BCUT2D eigenvalue weighted by Gasteiger charge is -2.34. The van der Waals surface area contributed by atoms with Crippen LogP contribution in [-0.2, 0) is 17.8 Å². The summed E-state index contributed by atoms with van der Waals surface area (Å²) in [4.78, 5) is 19.3. The van der Waals surface area contributed by atoms with Gasteiger partial charge in [0.05, 0.1) is 19.1 Å². The molecule has 2 aromatic rings. The van der Waals surface area contributed by atoms with Crippen molar-refractivity contribution in [2.24, 2.45) is 5.92 Å². The van der Waals surface area contributed by atoms with E-state index < -0.39 is 0 Å². The smallest absolute Gasteiger partial charge is 0.227 e. The number of fused-ring (bicyclic) bond motifs is 1. The average Bonchev–Trinajstić information content (AvgIpc) is 2.81. The fraction of sp³-hybridized carbons (Fsp3) is 0.500. The minimum Gasteiger partial charge on any atom is -0.488 e. The van der Waals surface area contributed by atoms with Gasteiger partial charge in [0.2, 0.25) is 5.91 Å². The lowest BCUT2D eigenvalue weighted by atomic mass is 10.0. The van der Waals surface area contributed by atoms with Crippen LogP contribution in [0.5, 0.6) is 5.75 Å². The van der Waals surface area contributed by atoms with Gasteiger partial charge in [-0.1, -0.05) is 37.3 Å². The molecule has 0 unspecified atom stereocenters. The maximum absolute atomic E-state index is 13.2. The van der Waals surface area contributed by atoms with Crippen molar-refractivity contribution in [2.45, 2.75) is 39.0 Å². The molecule has 0 saturated heterocycles. The van der Waals surface area contributed by atoms with Crippen LogP contribution in [0, 0.1) is 5.92 Å². The number of nitrogens with zero attached hydrogens (tertiary/aromatic N) is 3. The van der Waals surface area contributed by atoms with Crippen LogP contribution in [0.25, 0.3) is 0 Å². The molecule has 0 fully saturated rings. The van der Waals surface area contributed by atoms with Crippen LogP contribution in [0.2, 0.25) is 0 Å². The van der Waals surface area contributed by atoms with E-state index in [0.717, 1.165) is 30.1 Å². The summed E-state index contributed by atoms with van der Waals surface area (Å²) < 4.78 is 6.58. The quantitative estimate of drug-likeness (QED) is 0.719. The zero-order valence-electron chi connectivity index (χ0n) is 20.0. The average molecular weight is 440 g/mol. The lowest BCUT2D eigenvalue weighted by molar-refractivity contribution is -0.134. The maximum atomic E-state index is 13.2. The third-order valence-corrected chi connectivity index (χ3v) is 6.20. The molecule has 0 bridgehead atoms. The fourth-order valence-corrected chi connectivity index (χ4v) is 4.18. The molecule has 0 aromatic heterocycles. The van der Waals surface area contributed by atoms with Crippen LogP contribution < -0.4 is 9.64 Å². The van der Waals surface area contributed by atoms with Crippen molar-refractivity contribution in [3.8, 4) is 5.75 Å². The molecule has 32 heavy (non-hydrogen) atoms. The molecule has 0 aliphatic carbocycles. The third kappa shape index (κ3) is 6.02. The molecule has 1 amide bonds. The summed E-state index contributed by atoms with van der Waals surface area (Å²) in [5, 5.41) is 9.77. The van der Waals surface area contributed by atoms with E-state index in [2.05, 4.69) is 43.1 Å². The number of ether oxygens (including phenoxy) is 1. The summed E-state index contributed by atoms with van der Waals surface area (Å²) in [7, 11) is 6.08. The topological polar surface area (TPSA) is 56.2 Å². The summed E-state index contributed by atoms with van der Waals surface area (Å²) in [5.74, 6) is 0.899. The van der Waals surface area contributed by atoms with Gasteiger partial charge in [0.1, 0.15) is 11.9 Å². The van der Waals surface area contributed by atoms with Gasteiger partial charge in [0.25, 0.3) is 0 Å². The second-order valence-corrected chi connectivity index (χ2v) is 9.26. The fourth-order valence-electron chi connectivity index (χ4n) is 4.18. The largest absolute Gasteiger partial charge is 0.488 e. The molecular formula is C26H37N3O3. The molecule has 6 heteroatoms. The zero-order chi connectivity index (χ0) is 23.3. The molecule has 1 N–H and O–H groups in total. The lowest BCUT2D eigenvalue weighted by Crippen LogP contribution is -2.47. The zero-order valence-corrected chi connectivity index (χ0v) is 20.0. The Morgan fingerprint density at radius 1 is 1.16 bits per heavy atom. The van der Waals surface area contributed by atoms with Gasteiger partial charge in [-0.05, 0) is 37.7 Å². The minimum absolute atomic E-state index is 0.0254. The molecule has 0 saturated carbocycles. The van der Waals surface area contributed by atoms with Crippen LogP contribution >= 0.6 is 0 Å². The first kappa shape index (κ1) is 24.1. The van der Waals surface area contributed by atoms with Crippen LogP contribution in [0.3, 0.4) is 0 Å².